The van der Waals surface area contributed by atoms with Crippen LogP contribution in [0.5, 0.6) is 0 Å². The molecule has 0 amide bonds. The molecule has 1 aliphatic heterocycles. The number of hydrogen-bond acceptors (Lipinski definition) is 3. The summed E-state index contributed by atoms with van der Waals surface area (Å²) in [5.41, 5.74) is 2.55. The first kappa shape index (κ1) is 18.7. The van der Waals surface area contributed by atoms with Crippen LogP contribution in [0.15, 0.2) is 23.1 Å². The molecule has 0 bridgehead atoms. The minimum atomic E-state index is -3.31. The maximum atomic E-state index is 12.8. The van der Waals surface area contributed by atoms with Crippen molar-refractivity contribution in [3.63, 3.8) is 0 Å². The van der Waals surface area contributed by atoms with E-state index in [-0.39, 0.29) is 12.4 Å². The Morgan fingerprint density at radius 1 is 1.17 bits per heavy atom. The minimum Gasteiger partial charge on any atom is -0.320 e. The molecule has 1 aromatic carbocycles. The summed E-state index contributed by atoms with van der Waals surface area (Å²) < 4.78 is 27.3. The quantitative estimate of drug-likeness (QED) is 0.880. The van der Waals surface area contributed by atoms with Crippen molar-refractivity contribution >= 4 is 22.4 Å². The molecular weight excluding hydrogens is 332 g/mol. The lowest BCUT2D eigenvalue weighted by Gasteiger charge is -2.31. The molecule has 1 saturated heterocycles. The second-order valence-corrected chi connectivity index (χ2v) is 8.46. The summed E-state index contributed by atoms with van der Waals surface area (Å²) >= 11 is 0. The molecule has 0 saturated carbocycles. The molecule has 23 heavy (non-hydrogen) atoms. The summed E-state index contributed by atoms with van der Waals surface area (Å²) in [6.45, 7) is 2.34. The summed E-state index contributed by atoms with van der Waals surface area (Å²) in [7, 11) is -1.34. The molecule has 4 nitrogen and oxygen atoms in total. The Labute approximate surface area is 146 Å². The second-order valence-electron chi connectivity index (χ2n) is 6.52. The first-order valence-electron chi connectivity index (χ1n) is 8.38. The number of sulfonamides is 1. The Bertz CT molecular complexity index is 625. The van der Waals surface area contributed by atoms with Crippen molar-refractivity contribution in [3.8, 4) is 0 Å². The minimum absolute atomic E-state index is 0. The van der Waals surface area contributed by atoms with E-state index in [1.807, 2.05) is 19.2 Å². The third-order valence-corrected chi connectivity index (χ3v) is 6.98. The standard InChI is InChI=1S/C17H26N2O2S.ClH/c1-18-10-7-14-8-11-19(12-9-14)22(20,21)17-6-5-15-3-2-4-16(15)13-17;/h5-6,13-14,18H,2-4,7-12H2,1H3;1H. The predicted molar refractivity (Wildman–Crippen MR) is 95.7 cm³/mol. The van der Waals surface area contributed by atoms with Crippen molar-refractivity contribution < 1.29 is 8.42 Å². The van der Waals surface area contributed by atoms with Crippen LogP contribution in [0.1, 0.15) is 36.8 Å². The number of benzene rings is 1. The van der Waals surface area contributed by atoms with Crippen LogP contribution in [0, 0.1) is 5.92 Å². The molecule has 0 spiro atoms. The molecule has 130 valence electrons. The predicted octanol–water partition coefficient (Wildman–Crippen LogP) is 2.61. The molecular formula is C17H27ClN2O2S. The van der Waals surface area contributed by atoms with Gasteiger partial charge in [0, 0.05) is 13.1 Å². The van der Waals surface area contributed by atoms with Gasteiger partial charge in [0.1, 0.15) is 0 Å². The number of fused-ring (bicyclic) bond motifs is 1. The van der Waals surface area contributed by atoms with Crippen LogP contribution in [0.4, 0.5) is 0 Å². The van der Waals surface area contributed by atoms with E-state index >= 15 is 0 Å². The van der Waals surface area contributed by atoms with Crippen molar-refractivity contribution in [3.05, 3.63) is 29.3 Å². The van der Waals surface area contributed by atoms with E-state index in [2.05, 4.69) is 5.32 Å². The SMILES string of the molecule is CNCCC1CCN(S(=O)(=O)c2ccc3c(c2)CCC3)CC1.Cl. The van der Waals surface area contributed by atoms with Gasteiger partial charge >= 0.3 is 0 Å². The number of hydrogen-bond donors (Lipinski definition) is 1. The van der Waals surface area contributed by atoms with Crippen LogP contribution in [0.3, 0.4) is 0 Å². The van der Waals surface area contributed by atoms with E-state index in [4.69, 9.17) is 0 Å². The third-order valence-electron chi connectivity index (χ3n) is 5.08. The number of aryl methyl sites for hydroxylation is 2. The molecule has 1 N–H and O–H groups in total. The van der Waals surface area contributed by atoms with Crippen molar-refractivity contribution in [2.75, 3.05) is 26.7 Å². The highest BCUT2D eigenvalue weighted by atomic mass is 35.5. The van der Waals surface area contributed by atoms with Crippen molar-refractivity contribution in [1.82, 2.24) is 9.62 Å². The van der Waals surface area contributed by atoms with Gasteiger partial charge in [-0.1, -0.05) is 6.07 Å². The average molecular weight is 359 g/mol. The third kappa shape index (κ3) is 4.08. The second kappa shape index (κ2) is 7.97. The number of nitrogens with zero attached hydrogens (tertiary/aromatic N) is 1. The first-order chi connectivity index (χ1) is 10.6. The molecule has 0 radical (unpaired) electrons. The molecule has 0 atom stereocenters. The van der Waals surface area contributed by atoms with E-state index in [0.29, 0.717) is 23.9 Å². The van der Waals surface area contributed by atoms with Gasteiger partial charge < -0.3 is 5.32 Å². The van der Waals surface area contributed by atoms with Gasteiger partial charge in [0.2, 0.25) is 10.0 Å². The van der Waals surface area contributed by atoms with Gasteiger partial charge in [-0.3, -0.25) is 0 Å². The molecule has 1 aromatic rings. The number of rotatable bonds is 5. The lowest BCUT2D eigenvalue weighted by atomic mass is 9.95. The van der Waals surface area contributed by atoms with E-state index in [9.17, 15) is 8.42 Å². The highest BCUT2D eigenvalue weighted by molar-refractivity contribution is 7.89. The fraction of sp³-hybridized carbons (Fsp3) is 0.647. The summed E-state index contributed by atoms with van der Waals surface area (Å²) in [4.78, 5) is 0.488. The Morgan fingerprint density at radius 3 is 2.57 bits per heavy atom. The lowest BCUT2D eigenvalue weighted by molar-refractivity contribution is 0.263. The average Bonchev–Trinajstić information content (AvgIpc) is 3.01. The van der Waals surface area contributed by atoms with Crippen molar-refractivity contribution in [2.24, 2.45) is 5.92 Å². The number of halogens is 1. The molecule has 3 rings (SSSR count). The Hall–Kier alpha value is -0.620. The van der Waals surface area contributed by atoms with E-state index in [0.717, 1.165) is 45.1 Å². The smallest absolute Gasteiger partial charge is 0.243 e. The summed E-state index contributed by atoms with van der Waals surface area (Å²) in [5, 5.41) is 3.17. The van der Waals surface area contributed by atoms with Crippen LogP contribution in [-0.2, 0) is 22.9 Å². The van der Waals surface area contributed by atoms with Gasteiger partial charge in [-0.25, -0.2) is 8.42 Å². The maximum absolute atomic E-state index is 12.8. The summed E-state index contributed by atoms with van der Waals surface area (Å²) in [6, 6.07) is 5.71. The monoisotopic (exact) mass is 358 g/mol. The largest absolute Gasteiger partial charge is 0.320 e. The molecule has 0 unspecified atom stereocenters. The number of nitrogens with one attached hydrogen (secondary N) is 1. The fourth-order valence-electron chi connectivity index (χ4n) is 3.64. The molecule has 6 heteroatoms. The molecule has 2 aliphatic rings. The zero-order chi connectivity index (χ0) is 15.6. The van der Waals surface area contributed by atoms with Gasteiger partial charge in [-0.15, -0.1) is 12.4 Å². The van der Waals surface area contributed by atoms with Gasteiger partial charge in [-0.05, 0) is 81.3 Å². The van der Waals surface area contributed by atoms with Crippen LogP contribution in [0.2, 0.25) is 0 Å². The Kier molecular flexibility index (Phi) is 6.48. The molecule has 1 fully saturated rings. The van der Waals surface area contributed by atoms with Crippen LogP contribution in [-0.4, -0.2) is 39.4 Å². The van der Waals surface area contributed by atoms with Gasteiger partial charge in [-0.2, -0.15) is 4.31 Å². The fourth-order valence-corrected chi connectivity index (χ4v) is 5.17. The van der Waals surface area contributed by atoms with Crippen LogP contribution < -0.4 is 5.32 Å². The zero-order valence-corrected chi connectivity index (χ0v) is 15.4. The molecule has 1 aliphatic carbocycles. The van der Waals surface area contributed by atoms with Crippen LogP contribution >= 0.6 is 12.4 Å². The van der Waals surface area contributed by atoms with E-state index < -0.39 is 10.0 Å². The van der Waals surface area contributed by atoms with Crippen molar-refractivity contribution in [2.45, 2.75) is 43.4 Å². The van der Waals surface area contributed by atoms with Gasteiger partial charge in [0.15, 0.2) is 0 Å². The molecule has 1 heterocycles. The molecule has 0 aromatic heterocycles. The summed E-state index contributed by atoms with van der Waals surface area (Å²) in [5.74, 6) is 0.652. The first-order valence-corrected chi connectivity index (χ1v) is 9.82. The Morgan fingerprint density at radius 2 is 1.87 bits per heavy atom. The topological polar surface area (TPSA) is 49.4 Å². The lowest BCUT2D eigenvalue weighted by Crippen LogP contribution is -2.38. The number of piperidine rings is 1. The van der Waals surface area contributed by atoms with Gasteiger partial charge in [0.25, 0.3) is 0 Å². The maximum Gasteiger partial charge on any atom is 0.243 e. The van der Waals surface area contributed by atoms with E-state index in [1.165, 1.54) is 11.1 Å². The zero-order valence-electron chi connectivity index (χ0n) is 13.8. The highest BCUT2D eigenvalue weighted by Gasteiger charge is 2.29. The normalized spacial score (nSPS) is 19.3. The highest BCUT2D eigenvalue weighted by Crippen LogP contribution is 2.29. The van der Waals surface area contributed by atoms with Gasteiger partial charge in [0.05, 0.1) is 4.90 Å². The Balaban J connectivity index is 0.00000192. The van der Waals surface area contributed by atoms with E-state index in [1.54, 1.807) is 10.4 Å². The summed E-state index contributed by atoms with van der Waals surface area (Å²) in [6.07, 6.45) is 6.36. The van der Waals surface area contributed by atoms with Crippen LogP contribution in [0.25, 0.3) is 0 Å². The van der Waals surface area contributed by atoms with Crippen molar-refractivity contribution in [1.29, 1.82) is 0 Å².